The van der Waals surface area contributed by atoms with Gasteiger partial charge in [0, 0.05) is 17.3 Å². The van der Waals surface area contributed by atoms with Gasteiger partial charge < -0.3 is 28.4 Å². The molecule has 4 aromatic rings. The zero-order valence-electron chi connectivity index (χ0n) is 36.5. The molecule has 330 valence electrons. The Morgan fingerprint density at radius 3 is 1.60 bits per heavy atom. The van der Waals surface area contributed by atoms with Crippen molar-refractivity contribution in [2.75, 3.05) is 26.4 Å². The van der Waals surface area contributed by atoms with E-state index in [2.05, 4.69) is 54.0 Å². The SMILES string of the molecule is C[C@]12CCC3c4ccc(OC(=O)c5ccccc5)cc4CCC3C1CC(Br)C21OCCO1.C[C@]12CCC3c4ccc(OC(=O)c5ccccc5)cc4CCC3C1CCC21OCCO1. The van der Waals surface area contributed by atoms with E-state index in [-0.39, 0.29) is 33.4 Å². The first kappa shape index (κ1) is 41.8. The minimum Gasteiger partial charge on any atom is -0.423 e. The number of hydrogen-bond acceptors (Lipinski definition) is 8. The van der Waals surface area contributed by atoms with Gasteiger partial charge in [-0.15, -0.1) is 0 Å². The molecule has 63 heavy (non-hydrogen) atoms. The van der Waals surface area contributed by atoms with Crippen LogP contribution in [0.2, 0.25) is 0 Å². The molecule has 2 saturated heterocycles. The third-order valence-electron chi connectivity index (χ3n) is 17.4. The fourth-order valence-electron chi connectivity index (χ4n) is 14.5. The van der Waals surface area contributed by atoms with Crippen LogP contribution in [0.3, 0.4) is 0 Å². The molecule has 0 radical (unpaired) electrons. The lowest BCUT2D eigenvalue weighted by atomic mass is 9.55. The van der Waals surface area contributed by atoms with E-state index >= 15 is 0 Å². The molecular formula is C54H59BrO8. The second kappa shape index (κ2) is 16.2. The third-order valence-corrected chi connectivity index (χ3v) is 18.4. The molecule has 6 fully saturated rings. The number of aryl methyl sites for hydroxylation is 2. The van der Waals surface area contributed by atoms with Crippen LogP contribution in [0.25, 0.3) is 0 Å². The Kier molecular flexibility index (Phi) is 10.8. The maximum atomic E-state index is 12.5. The van der Waals surface area contributed by atoms with Gasteiger partial charge in [0.15, 0.2) is 11.6 Å². The van der Waals surface area contributed by atoms with E-state index in [1.54, 1.807) is 24.3 Å². The Balaban J connectivity index is 0.000000141. The average Bonchev–Trinajstić information content (AvgIpc) is 4.12. The van der Waals surface area contributed by atoms with E-state index in [0.29, 0.717) is 71.3 Å². The molecule has 9 atom stereocenters. The fraction of sp³-hybridized carbons (Fsp3) is 0.519. The Labute approximate surface area is 379 Å². The summed E-state index contributed by atoms with van der Waals surface area (Å²) in [6, 6.07) is 30.9. The highest BCUT2D eigenvalue weighted by Gasteiger charge is 2.69. The summed E-state index contributed by atoms with van der Waals surface area (Å²) in [6.45, 7) is 7.71. The highest BCUT2D eigenvalue weighted by molar-refractivity contribution is 9.09. The number of benzene rings is 4. The third kappa shape index (κ3) is 6.80. The van der Waals surface area contributed by atoms with Crippen molar-refractivity contribution >= 4 is 27.9 Å². The zero-order valence-corrected chi connectivity index (χ0v) is 38.1. The van der Waals surface area contributed by atoms with Crippen LogP contribution < -0.4 is 9.47 Å². The van der Waals surface area contributed by atoms with Gasteiger partial charge in [-0.3, -0.25) is 0 Å². The van der Waals surface area contributed by atoms with Gasteiger partial charge in [0.05, 0.1) is 42.4 Å². The second-order valence-electron chi connectivity index (χ2n) is 20.0. The molecule has 2 heterocycles. The van der Waals surface area contributed by atoms with E-state index in [1.807, 2.05) is 48.5 Å². The molecule has 4 aromatic carbocycles. The Bertz CT molecular complexity index is 2360. The lowest BCUT2D eigenvalue weighted by molar-refractivity contribution is -0.237. The first-order chi connectivity index (χ1) is 30.6. The molecule has 8 nitrogen and oxygen atoms in total. The first-order valence-electron chi connectivity index (χ1n) is 23.6. The minimum atomic E-state index is -0.460. The predicted molar refractivity (Wildman–Crippen MR) is 242 cm³/mol. The molecule has 9 heteroatoms. The number of carbonyl (C=O) groups excluding carboxylic acids is 2. The van der Waals surface area contributed by atoms with Gasteiger partial charge in [0.25, 0.3) is 0 Å². The summed E-state index contributed by atoms with van der Waals surface area (Å²) < 4.78 is 36.5. The monoisotopic (exact) mass is 914 g/mol. The summed E-state index contributed by atoms with van der Waals surface area (Å²) in [7, 11) is 0. The topological polar surface area (TPSA) is 89.5 Å². The fourth-order valence-corrected chi connectivity index (χ4v) is 15.7. The molecule has 8 aliphatic rings. The van der Waals surface area contributed by atoms with E-state index in [1.165, 1.54) is 47.9 Å². The average molecular weight is 916 g/mol. The molecule has 0 bridgehead atoms. The zero-order chi connectivity index (χ0) is 43.0. The van der Waals surface area contributed by atoms with Crippen molar-refractivity contribution < 1.29 is 38.0 Å². The standard InChI is InChI=1S/C27H29BrO4.C27H30O4/c1-26-12-11-21-20-10-8-19(32-25(29)17-5-3-2-4-6-17)15-18(20)7-9-22(21)23(26)16-24(28)27(26)30-13-14-31-27;1-26-13-11-22-21-10-8-20(31-25(28)18-5-3-2-4-6-18)17-19(21)7-9-23(22)24(26)12-14-27(26)29-15-16-30-27/h2-6,8,10,15,21-24H,7,9,11-14,16H2,1H3;2-6,8,10,17,22-24H,7,9,11-16H2,1H3/t21?,22?,23?,24?,26-;22?,23?,24?,26-/m00/s1. The van der Waals surface area contributed by atoms with Gasteiger partial charge >= 0.3 is 11.9 Å². The lowest BCUT2D eigenvalue weighted by Gasteiger charge is -2.52. The predicted octanol–water partition coefficient (Wildman–Crippen LogP) is 11.4. The number of fused-ring (bicyclic) bond motifs is 12. The summed E-state index contributed by atoms with van der Waals surface area (Å²) in [5, 5.41) is 0. The summed E-state index contributed by atoms with van der Waals surface area (Å²) in [6.07, 6.45) is 12.4. The van der Waals surface area contributed by atoms with Gasteiger partial charge in [-0.05, 0) is 171 Å². The summed E-state index contributed by atoms with van der Waals surface area (Å²) >= 11 is 3.95. The van der Waals surface area contributed by atoms with Crippen LogP contribution in [0.4, 0.5) is 0 Å². The number of halogens is 1. The molecule has 2 aliphatic heterocycles. The van der Waals surface area contributed by atoms with E-state index in [0.717, 1.165) is 58.2 Å². The molecule has 7 unspecified atom stereocenters. The second-order valence-corrected chi connectivity index (χ2v) is 21.1. The van der Waals surface area contributed by atoms with Gasteiger partial charge in [-0.1, -0.05) is 78.3 Å². The molecule has 2 spiro atoms. The lowest BCUT2D eigenvalue weighted by Crippen LogP contribution is -2.53. The Morgan fingerprint density at radius 1 is 0.571 bits per heavy atom. The molecule has 4 saturated carbocycles. The normalized spacial score (nSPS) is 33.7. The van der Waals surface area contributed by atoms with Gasteiger partial charge in [0.1, 0.15) is 11.5 Å². The van der Waals surface area contributed by atoms with Crippen molar-refractivity contribution in [2.24, 2.45) is 34.5 Å². The number of hydrogen-bond donors (Lipinski definition) is 0. The van der Waals surface area contributed by atoms with Crippen LogP contribution in [0.15, 0.2) is 97.1 Å². The van der Waals surface area contributed by atoms with Crippen molar-refractivity contribution in [3.63, 3.8) is 0 Å². The van der Waals surface area contributed by atoms with Crippen molar-refractivity contribution in [1.29, 1.82) is 0 Å². The van der Waals surface area contributed by atoms with E-state index in [9.17, 15) is 9.59 Å². The molecular weight excluding hydrogens is 856 g/mol. The van der Waals surface area contributed by atoms with Crippen LogP contribution in [0, 0.1) is 34.5 Å². The number of esters is 2. The van der Waals surface area contributed by atoms with Gasteiger partial charge in [0.2, 0.25) is 0 Å². The van der Waals surface area contributed by atoms with Crippen LogP contribution in [0.5, 0.6) is 11.5 Å². The molecule has 6 aliphatic carbocycles. The Hall–Kier alpha value is -3.86. The van der Waals surface area contributed by atoms with Crippen LogP contribution in [0.1, 0.15) is 126 Å². The molecule has 0 amide bonds. The quantitative estimate of drug-likeness (QED) is 0.114. The van der Waals surface area contributed by atoms with Gasteiger partial charge in [-0.25, -0.2) is 9.59 Å². The summed E-state index contributed by atoms with van der Waals surface area (Å²) in [5.74, 6) is 3.65. The van der Waals surface area contributed by atoms with Crippen molar-refractivity contribution in [3.8, 4) is 11.5 Å². The Morgan fingerprint density at radius 2 is 1.06 bits per heavy atom. The number of carbonyl (C=O) groups is 2. The molecule has 0 N–H and O–H groups in total. The first-order valence-corrected chi connectivity index (χ1v) is 24.5. The number of rotatable bonds is 4. The van der Waals surface area contributed by atoms with Crippen molar-refractivity contribution in [3.05, 3.63) is 130 Å². The summed E-state index contributed by atoms with van der Waals surface area (Å²) in [4.78, 5) is 25.2. The van der Waals surface area contributed by atoms with Crippen LogP contribution >= 0.6 is 15.9 Å². The summed E-state index contributed by atoms with van der Waals surface area (Å²) in [5.41, 5.74) is 6.95. The van der Waals surface area contributed by atoms with Crippen LogP contribution in [-0.2, 0) is 31.8 Å². The van der Waals surface area contributed by atoms with Crippen molar-refractivity contribution in [1.82, 2.24) is 0 Å². The molecule has 0 aromatic heterocycles. The van der Waals surface area contributed by atoms with E-state index < -0.39 is 5.79 Å². The largest absolute Gasteiger partial charge is 0.423 e. The maximum Gasteiger partial charge on any atom is 0.343 e. The molecule has 12 rings (SSSR count). The highest BCUT2D eigenvalue weighted by Crippen LogP contribution is 2.68. The van der Waals surface area contributed by atoms with Crippen LogP contribution in [-0.4, -0.2) is 54.8 Å². The van der Waals surface area contributed by atoms with E-state index in [4.69, 9.17) is 28.4 Å². The van der Waals surface area contributed by atoms with Gasteiger partial charge in [-0.2, -0.15) is 0 Å². The maximum absolute atomic E-state index is 12.5. The highest BCUT2D eigenvalue weighted by atomic mass is 79.9. The number of ether oxygens (including phenoxy) is 6. The van der Waals surface area contributed by atoms with Crippen molar-refractivity contribution in [2.45, 2.75) is 113 Å². The smallest absolute Gasteiger partial charge is 0.343 e. The number of alkyl halides is 1. The minimum absolute atomic E-state index is 0.0570.